The minimum absolute atomic E-state index is 0.115. The van der Waals surface area contributed by atoms with Crippen LogP contribution in [0.4, 0.5) is 0 Å². The van der Waals surface area contributed by atoms with Crippen LogP contribution < -0.4 is 5.73 Å². The highest BCUT2D eigenvalue weighted by molar-refractivity contribution is 4.93. The maximum Gasteiger partial charge on any atom is 0.0161 e. The predicted octanol–water partition coefficient (Wildman–Crippen LogP) is 2.87. The summed E-state index contributed by atoms with van der Waals surface area (Å²) >= 11 is 0. The topological polar surface area (TPSA) is 29.3 Å². The van der Waals surface area contributed by atoms with Crippen molar-refractivity contribution in [2.24, 2.45) is 17.1 Å². The van der Waals surface area contributed by atoms with Crippen molar-refractivity contribution in [1.82, 2.24) is 4.90 Å². The van der Waals surface area contributed by atoms with E-state index in [9.17, 15) is 0 Å². The second-order valence-electron chi connectivity index (χ2n) is 7.05. The number of nitrogens with two attached hydrogens (primary N) is 1. The molecule has 0 spiro atoms. The molecule has 2 N–H and O–H groups in total. The molecule has 2 unspecified atom stereocenters. The van der Waals surface area contributed by atoms with E-state index in [1.807, 2.05) is 0 Å². The molecule has 1 heterocycles. The Morgan fingerprint density at radius 2 is 1.75 bits per heavy atom. The fraction of sp³-hybridized carbons (Fsp3) is 1.00. The maximum absolute atomic E-state index is 6.28. The Labute approximate surface area is 102 Å². The average Bonchev–Trinajstić information content (AvgIpc) is 2.08. The van der Waals surface area contributed by atoms with Crippen molar-refractivity contribution < 1.29 is 0 Å². The van der Waals surface area contributed by atoms with Gasteiger partial charge in [0.05, 0.1) is 0 Å². The summed E-state index contributed by atoms with van der Waals surface area (Å²) < 4.78 is 0. The lowest BCUT2D eigenvalue weighted by Crippen LogP contribution is -2.55. The van der Waals surface area contributed by atoms with Crippen LogP contribution in [0, 0.1) is 11.3 Å². The molecule has 0 aromatic heterocycles. The van der Waals surface area contributed by atoms with Crippen LogP contribution in [0.3, 0.4) is 0 Å². The van der Waals surface area contributed by atoms with E-state index < -0.39 is 0 Å². The van der Waals surface area contributed by atoms with Gasteiger partial charge in [-0.2, -0.15) is 0 Å². The van der Waals surface area contributed by atoms with Crippen molar-refractivity contribution in [3.63, 3.8) is 0 Å². The van der Waals surface area contributed by atoms with Gasteiger partial charge in [0.1, 0.15) is 0 Å². The molecule has 0 bridgehead atoms. The van der Waals surface area contributed by atoms with Crippen molar-refractivity contribution in [3.8, 4) is 0 Å². The number of hydrogen-bond donors (Lipinski definition) is 1. The zero-order valence-corrected chi connectivity index (χ0v) is 12.0. The molecule has 0 amide bonds. The Balaban J connectivity index is 2.60. The molecule has 0 radical (unpaired) electrons. The third kappa shape index (κ3) is 3.21. The Morgan fingerprint density at radius 1 is 1.19 bits per heavy atom. The van der Waals surface area contributed by atoms with Gasteiger partial charge in [-0.3, -0.25) is 0 Å². The second kappa shape index (κ2) is 4.66. The van der Waals surface area contributed by atoms with Gasteiger partial charge in [-0.25, -0.2) is 0 Å². The minimum atomic E-state index is -0.115. The molecule has 0 aliphatic carbocycles. The molecule has 1 aliphatic rings. The van der Waals surface area contributed by atoms with Crippen molar-refractivity contribution in [3.05, 3.63) is 0 Å². The summed E-state index contributed by atoms with van der Waals surface area (Å²) in [5.74, 6) is 0.889. The fourth-order valence-corrected chi connectivity index (χ4v) is 2.40. The number of rotatable bonds is 3. The molecule has 1 fully saturated rings. The van der Waals surface area contributed by atoms with Crippen molar-refractivity contribution in [2.75, 3.05) is 13.1 Å². The monoisotopic (exact) mass is 226 g/mol. The number of hydrogen-bond acceptors (Lipinski definition) is 2. The molecule has 16 heavy (non-hydrogen) atoms. The quantitative estimate of drug-likeness (QED) is 0.802. The average molecular weight is 226 g/mol. The van der Waals surface area contributed by atoms with Gasteiger partial charge in [0.2, 0.25) is 0 Å². The van der Waals surface area contributed by atoms with E-state index in [0.29, 0.717) is 6.04 Å². The van der Waals surface area contributed by atoms with Crippen molar-refractivity contribution >= 4 is 0 Å². The SMILES string of the molecule is CC1CCN(CC(C)(C)C(C)(C)N)C(C)C1. The van der Waals surface area contributed by atoms with Crippen LogP contribution >= 0.6 is 0 Å². The van der Waals surface area contributed by atoms with Gasteiger partial charge in [-0.1, -0.05) is 20.8 Å². The summed E-state index contributed by atoms with van der Waals surface area (Å²) in [6, 6.07) is 0.713. The minimum Gasteiger partial charge on any atom is -0.325 e. The molecular weight excluding hydrogens is 196 g/mol. The lowest BCUT2D eigenvalue weighted by Gasteiger charge is -2.46. The summed E-state index contributed by atoms with van der Waals surface area (Å²) in [4.78, 5) is 2.62. The molecule has 1 aliphatic heterocycles. The molecule has 2 nitrogen and oxygen atoms in total. The van der Waals surface area contributed by atoms with Gasteiger partial charge in [-0.15, -0.1) is 0 Å². The fourth-order valence-electron chi connectivity index (χ4n) is 2.40. The summed E-state index contributed by atoms with van der Waals surface area (Å²) in [6.45, 7) is 15.9. The van der Waals surface area contributed by atoms with E-state index in [1.54, 1.807) is 0 Å². The smallest absolute Gasteiger partial charge is 0.0161 e. The molecule has 0 aromatic carbocycles. The van der Waals surface area contributed by atoms with E-state index >= 15 is 0 Å². The van der Waals surface area contributed by atoms with E-state index in [2.05, 4.69) is 46.4 Å². The molecule has 0 aromatic rings. The van der Waals surface area contributed by atoms with Crippen LogP contribution in [-0.2, 0) is 0 Å². The molecule has 2 atom stereocenters. The van der Waals surface area contributed by atoms with Gasteiger partial charge in [-0.05, 0) is 51.5 Å². The van der Waals surface area contributed by atoms with Crippen LogP contribution in [0.5, 0.6) is 0 Å². The molecule has 2 heteroatoms. The maximum atomic E-state index is 6.28. The van der Waals surface area contributed by atoms with Crippen molar-refractivity contribution in [1.29, 1.82) is 0 Å². The van der Waals surface area contributed by atoms with Gasteiger partial charge in [0.25, 0.3) is 0 Å². The van der Waals surface area contributed by atoms with Crippen LogP contribution in [0.1, 0.15) is 54.4 Å². The van der Waals surface area contributed by atoms with Crippen LogP contribution in [0.25, 0.3) is 0 Å². The van der Waals surface area contributed by atoms with Crippen LogP contribution in [-0.4, -0.2) is 29.6 Å². The third-order valence-electron chi connectivity index (χ3n) is 4.62. The van der Waals surface area contributed by atoms with Gasteiger partial charge < -0.3 is 10.6 Å². The van der Waals surface area contributed by atoms with Crippen LogP contribution in [0.15, 0.2) is 0 Å². The number of nitrogens with zero attached hydrogens (tertiary/aromatic N) is 1. The largest absolute Gasteiger partial charge is 0.325 e. The first kappa shape index (κ1) is 14.0. The highest BCUT2D eigenvalue weighted by atomic mass is 15.2. The van der Waals surface area contributed by atoms with Crippen LogP contribution in [0.2, 0.25) is 0 Å². The molecule has 1 saturated heterocycles. The summed E-state index contributed by atoms with van der Waals surface area (Å²) in [5.41, 5.74) is 6.33. The molecule has 1 rings (SSSR count). The Hall–Kier alpha value is -0.0800. The van der Waals surface area contributed by atoms with Gasteiger partial charge in [0, 0.05) is 18.1 Å². The zero-order chi connectivity index (χ0) is 12.6. The standard InChI is InChI=1S/C14H30N2/c1-11-7-8-16(12(2)9-11)10-13(3,4)14(5,6)15/h11-12H,7-10,15H2,1-6H3. The molecule has 96 valence electrons. The third-order valence-corrected chi connectivity index (χ3v) is 4.62. The van der Waals surface area contributed by atoms with Gasteiger partial charge in [0.15, 0.2) is 0 Å². The highest BCUT2D eigenvalue weighted by Crippen LogP contribution is 2.32. The summed E-state index contributed by atoms with van der Waals surface area (Å²) in [7, 11) is 0. The lowest BCUT2D eigenvalue weighted by molar-refractivity contribution is 0.0543. The first-order chi connectivity index (χ1) is 7.13. The Bertz CT molecular complexity index is 227. The summed E-state index contributed by atoms with van der Waals surface area (Å²) in [6.07, 6.45) is 2.67. The number of piperidine rings is 1. The first-order valence-corrected chi connectivity index (χ1v) is 6.66. The predicted molar refractivity (Wildman–Crippen MR) is 71.5 cm³/mol. The normalized spacial score (nSPS) is 29.4. The highest BCUT2D eigenvalue weighted by Gasteiger charge is 2.37. The van der Waals surface area contributed by atoms with E-state index in [-0.39, 0.29) is 11.0 Å². The van der Waals surface area contributed by atoms with E-state index in [1.165, 1.54) is 19.4 Å². The van der Waals surface area contributed by atoms with E-state index in [4.69, 9.17) is 5.73 Å². The number of likely N-dealkylation sites (tertiary alicyclic amines) is 1. The Morgan fingerprint density at radius 3 is 2.19 bits per heavy atom. The second-order valence-corrected chi connectivity index (χ2v) is 7.05. The first-order valence-electron chi connectivity index (χ1n) is 6.66. The molecule has 0 saturated carbocycles. The zero-order valence-electron chi connectivity index (χ0n) is 12.0. The Kier molecular flexibility index (Phi) is 4.07. The molecular formula is C14H30N2. The van der Waals surface area contributed by atoms with Crippen molar-refractivity contribution in [2.45, 2.75) is 66.0 Å². The van der Waals surface area contributed by atoms with E-state index in [0.717, 1.165) is 12.5 Å². The van der Waals surface area contributed by atoms with Gasteiger partial charge >= 0.3 is 0 Å². The summed E-state index contributed by atoms with van der Waals surface area (Å²) in [5, 5.41) is 0. The lowest BCUT2D eigenvalue weighted by atomic mass is 9.74.